The molecule has 1 aromatic rings. The number of nitrogens with one attached hydrogen (secondary N) is 1. The average Bonchev–Trinajstić information content (AvgIpc) is 2.55. The molecule has 0 aromatic heterocycles. The molecule has 0 spiro atoms. The lowest BCUT2D eigenvalue weighted by atomic mass is 10.2. The molecule has 4 nitrogen and oxygen atoms in total. The van der Waals surface area contributed by atoms with Gasteiger partial charge in [0.05, 0.1) is 10.6 Å². The van der Waals surface area contributed by atoms with Crippen LogP contribution < -0.4 is 11.1 Å². The Labute approximate surface area is 147 Å². The molecule has 0 aliphatic heterocycles. The van der Waals surface area contributed by atoms with Gasteiger partial charge in [-0.1, -0.05) is 39.3 Å². The molecule has 0 aliphatic rings. The Morgan fingerprint density at radius 3 is 2.17 bits per heavy atom. The van der Waals surface area contributed by atoms with E-state index < -0.39 is 17.6 Å². The fraction of sp³-hybridized carbons (Fsp3) is 0.333. The fourth-order valence-corrected chi connectivity index (χ4v) is 2.09. The lowest BCUT2D eigenvalue weighted by Crippen LogP contribution is -2.25. The number of benzene rings is 1. The van der Waals surface area contributed by atoms with Crippen LogP contribution in [0, 0.1) is 5.82 Å². The number of primary amides is 1. The van der Waals surface area contributed by atoms with E-state index in [1.807, 2.05) is 6.92 Å². The summed E-state index contributed by atoms with van der Waals surface area (Å²) in [5, 5.41) is 2.98. The van der Waals surface area contributed by atoms with Crippen LogP contribution in [0.15, 0.2) is 47.0 Å². The van der Waals surface area contributed by atoms with E-state index in [2.05, 4.69) is 19.2 Å². The zero-order chi connectivity index (χ0) is 18.5. The Hall–Kier alpha value is -2.08. The molecule has 0 fully saturated rings. The topological polar surface area (TPSA) is 72.2 Å². The Kier molecular flexibility index (Phi) is 11.3. The van der Waals surface area contributed by atoms with Crippen molar-refractivity contribution in [3.05, 3.63) is 58.4 Å². The van der Waals surface area contributed by atoms with Gasteiger partial charge in [0.2, 0.25) is 0 Å². The third kappa shape index (κ3) is 7.97. The average molecular weight is 352 g/mol. The fourth-order valence-electron chi connectivity index (χ4n) is 1.51. The minimum absolute atomic E-state index is 0.236. The van der Waals surface area contributed by atoms with Crippen molar-refractivity contribution in [2.24, 2.45) is 5.73 Å². The van der Waals surface area contributed by atoms with Crippen LogP contribution in [-0.4, -0.2) is 18.1 Å². The number of hydrogen-bond acceptors (Lipinski definition) is 3. The molecule has 1 aromatic carbocycles. The van der Waals surface area contributed by atoms with Crippen molar-refractivity contribution in [3.63, 3.8) is 0 Å². The van der Waals surface area contributed by atoms with E-state index in [9.17, 15) is 14.0 Å². The number of thioether (sulfide) groups is 1. The van der Waals surface area contributed by atoms with Gasteiger partial charge in [-0.15, -0.1) is 11.8 Å². The van der Waals surface area contributed by atoms with Gasteiger partial charge in [0, 0.05) is 5.56 Å². The highest BCUT2D eigenvalue weighted by Crippen LogP contribution is 2.16. The molecule has 0 radical (unpaired) electrons. The van der Waals surface area contributed by atoms with Crippen molar-refractivity contribution in [2.45, 2.75) is 33.6 Å². The van der Waals surface area contributed by atoms with Crippen molar-refractivity contribution < 1.29 is 14.0 Å². The van der Waals surface area contributed by atoms with Gasteiger partial charge in [0.15, 0.2) is 0 Å². The third-order valence-corrected chi connectivity index (χ3v) is 3.30. The van der Waals surface area contributed by atoms with E-state index in [1.165, 1.54) is 42.4 Å². The summed E-state index contributed by atoms with van der Waals surface area (Å²) in [6, 6.07) is 5.13. The summed E-state index contributed by atoms with van der Waals surface area (Å²) in [6.45, 7) is 6.17. The highest BCUT2D eigenvalue weighted by Gasteiger charge is 2.13. The summed E-state index contributed by atoms with van der Waals surface area (Å²) in [6.07, 6.45) is 7.08. The summed E-state index contributed by atoms with van der Waals surface area (Å²) in [7, 11) is 0. The van der Waals surface area contributed by atoms with E-state index in [1.54, 1.807) is 18.4 Å². The minimum Gasteiger partial charge on any atom is -0.366 e. The Morgan fingerprint density at radius 1 is 1.21 bits per heavy atom. The minimum atomic E-state index is -0.622. The zero-order valence-corrected chi connectivity index (χ0v) is 15.4. The van der Waals surface area contributed by atoms with Gasteiger partial charge in [-0.3, -0.25) is 9.59 Å². The number of rotatable bonds is 6. The molecule has 132 valence electrons. The van der Waals surface area contributed by atoms with Crippen LogP contribution in [0.4, 0.5) is 4.39 Å². The van der Waals surface area contributed by atoms with E-state index in [0.717, 1.165) is 6.42 Å². The molecule has 0 bridgehead atoms. The molecule has 0 aliphatic carbocycles. The van der Waals surface area contributed by atoms with Gasteiger partial charge in [0.1, 0.15) is 5.82 Å². The van der Waals surface area contributed by atoms with E-state index in [0.29, 0.717) is 10.6 Å². The molecule has 0 atom stereocenters. The summed E-state index contributed by atoms with van der Waals surface area (Å²) < 4.78 is 12.8. The first-order chi connectivity index (χ1) is 11.4. The maximum absolute atomic E-state index is 12.8. The molecular formula is C18H25FN2O2S. The smallest absolute Gasteiger partial charge is 0.256 e. The van der Waals surface area contributed by atoms with Crippen LogP contribution in [-0.2, 0) is 4.79 Å². The van der Waals surface area contributed by atoms with E-state index >= 15 is 0 Å². The Morgan fingerprint density at radius 2 is 1.75 bits per heavy atom. The van der Waals surface area contributed by atoms with Crippen LogP contribution in [0.25, 0.3) is 0 Å². The van der Waals surface area contributed by atoms with Gasteiger partial charge in [0.25, 0.3) is 11.8 Å². The van der Waals surface area contributed by atoms with Gasteiger partial charge in [-0.2, -0.15) is 0 Å². The number of nitrogens with two attached hydrogens (primary N) is 1. The molecule has 0 saturated heterocycles. The summed E-state index contributed by atoms with van der Waals surface area (Å²) >= 11 is 1.20. The van der Waals surface area contributed by atoms with Crippen molar-refractivity contribution in [3.8, 4) is 0 Å². The second kappa shape index (κ2) is 12.4. The monoisotopic (exact) mass is 352 g/mol. The van der Waals surface area contributed by atoms with Crippen LogP contribution in [0.3, 0.4) is 0 Å². The molecule has 24 heavy (non-hydrogen) atoms. The SMILES string of the molecule is CC/C=C/C(C(N)=O)=C(/NC(=O)c1ccc(F)cc1)SC.CCC. The van der Waals surface area contributed by atoms with Crippen LogP contribution in [0.1, 0.15) is 44.0 Å². The number of allylic oxidation sites excluding steroid dienone is 1. The molecule has 0 saturated carbocycles. The van der Waals surface area contributed by atoms with E-state index in [4.69, 9.17) is 5.73 Å². The Bertz CT molecular complexity index is 596. The maximum Gasteiger partial charge on any atom is 0.256 e. The van der Waals surface area contributed by atoms with E-state index in [-0.39, 0.29) is 5.57 Å². The van der Waals surface area contributed by atoms with Gasteiger partial charge in [-0.05, 0) is 36.9 Å². The Balaban J connectivity index is 0.00000163. The maximum atomic E-state index is 12.8. The first-order valence-corrected chi connectivity index (χ1v) is 8.95. The molecule has 2 amide bonds. The van der Waals surface area contributed by atoms with Crippen molar-refractivity contribution in [1.29, 1.82) is 0 Å². The number of hydrogen-bond donors (Lipinski definition) is 2. The molecule has 6 heteroatoms. The van der Waals surface area contributed by atoms with Gasteiger partial charge < -0.3 is 11.1 Å². The summed E-state index contributed by atoms with van der Waals surface area (Å²) in [5.74, 6) is -1.47. The second-order valence-corrected chi connectivity index (χ2v) is 5.61. The highest BCUT2D eigenvalue weighted by atomic mass is 32.2. The van der Waals surface area contributed by atoms with Crippen LogP contribution in [0.5, 0.6) is 0 Å². The largest absolute Gasteiger partial charge is 0.366 e. The van der Waals surface area contributed by atoms with Gasteiger partial charge >= 0.3 is 0 Å². The molecule has 0 unspecified atom stereocenters. The standard InChI is InChI=1S/C15H17FN2O2S.C3H8/c1-3-4-5-12(13(17)19)15(21-2)18-14(20)10-6-8-11(16)9-7-10;1-3-2/h4-9H,3H2,1-2H3,(H2,17,19)(H,18,20);3H2,1-2H3/b5-4+,15-12+;. The zero-order valence-electron chi connectivity index (χ0n) is 14.6. The van der Waals surface area contributed by atoms with Crippen molar-refractivity contribution in [1.82, 2.24) is 5.32 Å². The summed E-state index contributed by atoms with van der Waals surface area (Å²) in [4.78, 5) is 23.5. The van der Waals surface area contributed by atoms with Crippen molar-refractivity contribution >= 4 is 23.6 Å². The number of carbonyl (C=O) groups excluding carboxylic acids is 2. The molecular weight excluding hydrogens is 327 g/mol. The predicted octanol–water partition coefficient (Wildman–Crippen LogP) is 4.00. The third-order valence-electron chi connectivity index (χ3n) is 2.57. The molecule has 1 rings (SSSR count). The summed E-state index contributed by atoms with van der Waals surface area (Å²) in [5.41, 5.74) is 5.86. The van der Waals surface area contributed by atoms with Crippen LogP contribution >= 0.6 is 11.8 Å². The lowest BCUT2D eigenvalue weighted by molar-refractivity contribution is -0.114. The van der Waals surface area contributed by atoms with Crippen molar-refractivity contribution in [2.75, 3.05) is 6.26 Å². The second-order valence-electron chi connectivity index (χ2n) is 4.79. The number of halogens is 1. The quantitative estimate of drug-likeness (QED) is 0.600. The molecule has 0 heterocycles. The first kappa shape index (κ1) is 21.9. The van der Waals surface area contributed by atoms with Gasteiger partial charge in [-0.25, -0.2) is 4.39 Å². The van der Waals surface area contributed by atoms with Crippen LogP contribution in [0.2, 0.25) is 0 Å². The first-order valence-electron chi connectivity index (χ1n) is 7.72. The highest BCUT2D eigenvalue weighted by molar-refractivity contribution is 8.02. The predicted molar refractivity (Wildman–Crippen MR) is 99.0 cm³/mol. The molecule has 3 N–H and O–H groups in total. The number of carbonyl (C=O) groups is 2. The number of amides is 2. The lowest BCUT2D eigenvalue weighted by Gasteiger charge is -2.10. The normalized spacial score (nSPS) is 11.4.